The second-order valence-electron chi connectivity index (χ2n) is 19.1. The number of phenols is 6. The molecule has 0 heterocycles. The molecule has 0 saturated heterocycles. The Labute approximate surface area is 479 Å². The van der Waals surface area contributed by atoms with Gasteiger partial charge in [-0.15, -0.1) is 0 Å². The number of benzene rings is 6. The molecule has 22 nitrogen and oxygen atoms in total. The molecule has 6 aromatic rings. The molecular formula is C60H78N4O18. The molecule has 6 rings (SSSR count). The zero-order valence-corrected chi connectivity index (χ0v) is 48.8. The minimum absolute atomic E-state index is 0.129. The molecule has 0 atom stereocenters. The summed E-state index contributed by atoms with van der Waals surface area (Å²) in [6, 6.07) is 21.1. The quantitative estimate of drug-likeness (QED) is 0.0231. The molecule has 6 N–H and O–H groups in total. The summed E-state index contributed by atoms with van der Waals surface area (Å²) in [5.74, 6) is 2.11. The van der Waals surface area contributed by atoms with Gasteiger partial charge in [0.1, 0.15) is 0 Å². The first-order chi connectivity index (χ1) is 39.5. The highest BCUT2D eigenvalue weighted by molar-refractivity contribution is 5.57. The summed E-state index contributed by atoms with van der Waals surface area (Å²) in [5.41, 5.74) is 4.71. The van der Waals surface area contributed by atoms with Gasteiger partial charge < -0.3 is 87.5 Å². The SMILES string of the molecule is COc1cc(CN(CCN(CCN(Cc2cc(OC)c(O)c(OC)c2)Cc2cc(OC)c(O)c(OC)c2)CCN(Cc2cc(OC)c(O)c(OC)c2)Cc2cc(OC)c(O)c(OC)c2)Cc2cc(OC)c(O)c(OC)c2)cc(OC)c1O. The molecule has 0 radical (unpaired) electrons. The Kier molecular flexibility index (Phi) is 22.8. The van der Waals surface area contributed by atoms with Gasteiger partial charge in [0.05, 0.1) is 85.3 Å². The van der Waals surface area contributed by atoms with E-state index in [1.165, 1.54) is 85.3 Å². The molecule has 446 valence electrons. The highest BCUT2D eigenvalue weighted by Gasteiger charge is 2.24. The van der Waals surface area contributed by atoms with Gasteiger partial charge in [-0.25, -0.2) is 0 Å². The molecule has 82 heavy (non-hydrogen) atoms. The number of nitrogens with zero attached hydrogens (tertiary/aromatic N) is 4. The number of methoxy groups -OCH3 is 12. The first-order valence-electron chi connectivity index (χ1n) is 26.0. The summed E-state index contributed by atoms with van der Waals surface area (Å²) >= 11 is 0. The lowest BCUT2D eigenvalue weighted by molar-refractivity contribution is 0.142. The molecule has 0 fully saturated rings. The third kappa shape index (κ3) is 15.7. The van der Waals surface area contributed by atoms with Crippen LogP contribution in [0, 0.1) is 0 Å². The third-order valence-corrected chi connectivity index (χ3v) is 13.9. The van der Waals surface area contributed by atoms with E-state index in [2.05, 4.69) is 19.6 Å². The molecule has 22 heteroatoms. The van der Waals surface area contributed by atoms with Crippen LogP contribution in [0.4, 0.5) is 0 Å². The van der Waals surface area contributed by atoms with Crippen LogP contribution in [0.1, 0.15) is 33.4 Å². The van der Waals surface area contributed by atoms with Crippen molar-refractivity contribution >= 4 is 0 Å². The highest BCUT2D eigenvalue weighted by atomic mass is 16.5. The zero-order valence-electron chi connectivity index (χ0n) is 48.8. The molecule has 0 aliphatic heterocycles. The highest BCUT2D eigenvalue weighted by Crippen LogP contribution is 2.43. The van der Waals surface area contributed by atoms with Crippen LogP contribution < -0.4 is 56.8 Å². The average Bonchev–Trinajstić information content (AvgIpc) is 3.48. The molecule has 0 aromatic heterocycles. The van der Waals surface area contributed by atoms with Crippen molar-refractivity contribution in [3.05, 3.63) is 106 Å². The van der Waals surface area contributed by atoms with E-state index >= 15 is 0 Å². The van der Waals surface area contributed by atoms with Crippen molar-refractivity contribution in [3.8, 4) is 103 Å². The molecular weight excluding hydrogens is 1060 g/mol. The van der Waals surface area contributed by atoms with Crippen LogP contribution in [-0.2, 0) is 39.3 Å². The third-order valence-electron chi connectivity index (χ3n) is 13.9. The summed E-state index contributed by atoms with van der Waals surface area (Å²) in [7, 11) is 17.7. The van der Waals surface area contributed by atoms with Gasteiger partial charge in [0, 0.05) is 78.5 Å². The maximum atomic E-state index is 10.9. The van der Waals surface area contributed by atoms with Crippen LogP contribution in [0.2, 0.25) is 0 Å². The number of phenolic OH excluding ortho intramolecular Hbond substituents is 6. The van der Waals surface area contributed by atoms with Gasteiger partial charge in [0.25, 0.3) is 0 Å². The summed E-state index contributed by atoms with van der Waals surface area (Å²) in [5, 5.41) is 65.5. The molecule has 0 amide bonds. The van der Waals surface area contributed by atoms with E-state index in [4.69, 9.17) is 56.8 Å². The monoisotopic (exact) mass is 1140 g/mol. The van der Waals surface area contributed by atoms with E-state index in [0.29, 0.717) is 78.5 Å². The first-order valence-corrected chi connectivity index (χ1v) is 26.0. The van der Waals surface area contributed by atoms with Crippen molar-refractivity contribution in [2.24, 2.45) is 0 Å². The fourth-order valence-corrected chi connectivity index (χ4v) is 9.61. The van der Waals surface area contributed by atoms with Gasteiger partial charge in [-0.05, 0) is 106 Å². The maximum Gasteiger partial charge on any atom is 0.200 e. The summed E-state index contributed by atoms with van der Waals surface area (Å²) in [6.45, 7) is 5.00. The Bertz CT molecular complexity index is 2410. The van der Waals surface area contributed by atoms with Crippen molar-refractivity contribution in [1.82, 2.24) is 19.6 Å². The Morgan fingerprint density at radius 3 is 0.427 bits per heavy atom. The van der Waals surface area contributed by atoms with Crippen LogP contribution in [-0.4, -0.2) is 175 Å². The van der Waals surface area contributed by atoms with Crippen LogP contribution in [0.5, 0.6) is 103 Å². The molecule has 0 unspecified atom stereocenters. The van der Waals surface area contributed by atoms with Crippen molar-refractivity contribution in [2.45, 2.75) is 39.3 Å². The summed E-state index contributed by atoms with van der Waals surface area (Å²) in [6.07, 6.45) is 0. The van der Waals surface area contributed by atoms with E-state index in [-0.39, 0.29) is 103 Å². The predicted molar refractivity (Wildman–Crippen MR) is 306 cm³/mol. The van der Waals surface area contributed by atoms with Crippen LogP contribution >= 0.6 is 0 Å². The second-order valence-corrected chi connectivity index (χ2v) is 19.1. The topological polar surface area (TPSA) is 245 Å². The normalized spacial score (nSPS) is 11.3. The number of hydrogen-bond donors (Lipinski definition) is 6. The largest absolute Gasteiger partial charge is 0.502 e. The minimum atomic E-state index is -0.129. The van der Waals surface area contributed by atoms with Crippen LogP contribution in [0.15, 0.2) is 72.8 Å². The van der Waals surface area contributed by atoms with E-state index in [9.17, 15) is 30.6 Å². The van der Waals surface area contributed by atoms with E-state index in [1.807, 2.05) is 0 Å². The Morgan fingerprint density at radius 1 is 0.207 bits per heavy atom. The van der Waals surface area contributed by atoms with Crippen LogP contribution in [0.3, 0.4) is 0 Å². The predicted octanol–water partition coefficient (Wildman–Crippen LogP) is 7.73. The molecule has 0 saturated carbocycles. The van der Waals surface area contributed by atoms with Crippen LogP contribution in [0.25, 0.3) is 0 Å². The lowest BCUT2D eigenvalue weighted by Gasteiger charge is -2.33. The second kappa shape index (κ2) is 29.9. The van der Waals surface area contributed by atoms with Gasteiger partial charge in [-0.1, -0.05) is 0 Å². The fourth-order valence-electron chi connectivity index (χ4n) is 9.61. The van der Waals surface area contributed by atoms with Crippen molar-refractivity contribution in [3.63, 3.8) is 0 Å². The fraction of sp³-hybridized carbons (Fsp3) is 0.400. The summed E-state index contributed by atoms with van der Waals surface area (Å²) in [4.78, 5) is 8.99. The molecule has 0 bridgehead atoms. The minimum Gasteiger partial charge on any atom is -0.502 e. The van der Waals surface area contributed by atoms with Crippen molar-refractivity contribution < 1.29 is 87.5 Å². The Morgan fingerprint density at radius 2 is 0.317 bits per heavy atom. The van der Waals surface area contributed by atoms with Crippen molar-refractivity contribution in [2.75, 3.05) is 125 Å². The molecule has 6 aromatic carbocycles. The van der Waals surface area contributed by atoms with E-state index < -0.39 is 0 Å². The number of hydrogen-bond acceptors (Lipinski definition) is 22. The Hall–Kier alpha value is -8.44. The van der Waals surface area contributed by atoms with Gasteiger partial charge in [0.2, 0.25) is 34.5 Å². The number of aromatic hydroxyl groups is 6. The molecule has 0 aliphatic carbocycles. The maximum absolute atomic E-state index is 10.9. The number of ether oxygens (including phenoxy) is 12. The standard InChI is InChI=1S/C60H78N4O18/c1-71-43-19-37(20-44(72-2)55(43)65)31-62(32-38-21-45(73-3)56(66)46(22-38)74-4)16-13-61(14-17-63(33-39-23-47(75-5)57(67)48(24-39)76-6)34-40-25-49(77-7)58(68)50(26-40)78-8)15-18-64(35-41-27-51(79-9)59(69)52(28-41)80-10)36-42-29-53(81-11)60(70)54(30-42)82-12/h19-30,65-70H,13-18,31-36H2,1-12H3. The van der Waals surface area contributed by atoms with Gasteiger partial charge in [-0.2, -0.15) is 0 Å². The molecule has 0 aliphatic rings. The zero-order chi connectivity index (χ0) is 59.6. The van der Waals surface area contributed by atoms with Crippen molar-refractivity contribution in [1.29, 1.82) is 0 Å². The van der Waals surface area contributed by atoms with E-state index in [0.717, 1.165) is 33.4 Å². The lowest BCUT2D eigenvalue weighted by Crippen LogP contribution is -2.42. The molecule has 0 spiro atoms. The smallest absolute Gasteiger partial charge is 0.200 e. The van der Waals surface area contributed by atoms with Gasteiger partial charge in [-0.3, -0.25) is 19.6 Å². The first kappa shape index (κ1) is 62.8. The van der Waals surface area contributed by atoms with E-state index in [1.54, 1.807) is 72.8 Å². The lowest BCUT2D eigenvalue weighted by atomic mass is 10.1. The number of rotatable bonds is 33. The average molecular weight is 1140 g/mol. The summed E-state index contributed by atoms with van der Waals surface area (Å²) < 4.78 is 66.9. The Balaban J connectivity index is 1.45. The van der Waals surface area contributed by atoms with Gasteiger partial charge in [0.15, 0.2) is 69.0 Å². The van der Waals surface area contributed by atoms with Gasteiger partial charge >= 0.3 is 0 Å².